The van der Waals surface area contributed by atoms with E-state index >= 15 is 0 Å². The van der Waals surface area contributed by atoms with E-state index in [2.05, 4.69) is 4.37 Å². The minimum absolute atomic E-state index is 0.0536. The Labute approximate surface area is 119 Å². The van der Waals surface area contributed by atoms with Crippen LogP contribution in [0.3, 0.4) is 0 Å². The van der Waals surface area contributed by atoms with Gasteiger partial charge in [0, 0.05) is 18.5 Å². The van der Waals surface area contributed by atoms with Crippen LogP contribution in [0.5, 0.6) is 0 Å². The summed E-state index contributed by atoms with van der Waals surface area (Å²) in [5.74, 6) is 2.18. The smallest absolute Gasteiger partial charge is 0.277 e. The van der Waals surface area contributed by atoms with Gasteiger partial charge < -0.3 is 4.90 Å². The summed E-state index contributed by atoms with van der Waals surface area (Å²) in [6.45, 7) is 0.854. The van der Waals surface area contributed by atoms with Crippen LogP contribution in [-0.2, 0) is 0 Å². The normalized spacial score (nSPS) is 30.3. The Hall–Kier alpha value is -0.810. The summed E-state index contributed by atoms with van der Waals surface area (Å²) in [5, 5.41) is 0.0550. The molecule has 2 unspecified atom stereocenters. The van der Waals surface area contributed by atoms with Gasteiger partial charge in [-0.05, 0) is 37.5 Å². The molecule has 4 nitrogen and oxygen atoms in total. The largest absolute Gasteiger partial charge is 0.334 e. The zero-order chi connectivity index (χ0) is 13.1. The number of halogens is 1. The second-order valence-electron chi connectivity index (χ2n) is 5.96. The number of amides is 1. The predicted octanol–water partition coefficient (Wildman–Crippen LogP) is 2.35. The summed E-state index contributed by atoms with van der Waals surface area (Å²) in [4.78, 5) is 26.2. The van der Waals surface area contributed by atoms with Gasteiger partial charge in [0.1, 0.15) is 9.90 Å². The van der Waals surface area contributed by atoms with Crippen LogP contribution in [0.15, 0.2) is 4.79 Å². The van der Waals surface area contributed by atoms with Crippen molar-refractivity contribution in [1.82, 2.24) is 9.27 Å². The molecule has 1 aliphatic heterocycles. The lowest BCUT2D eigenvalue weighted by Crippen LogP contribution is -2.60. The highest BCUT2D eigenvalue weighted by atomic mass is 35.5. The van der Waals surface area contributed by atoms with E-state index in [0.29, 0.717) is 22.8 Å². The van der Waals surface area contributed by atoms with Gasteiger partial charge in [-0.3, -0.25) is 14.0 Å². The van der Waals surface area contributed by atoms with Crippen LogP contribution in [0.4, 0.5) is 0 Å². The number of aromatic amines is 1. The van der Waals surface area contributed by atoms with Crippen molar-refractivity contribution in [2.24, 2.45) is 17.8 Å². The number of nitrogens with zero attached hydrogens (tertiary/aromatic N) is 1. The number of hydrogen-bond donors (Lipinski definition) is 1. The fraction of sp³-hybridized carbons (Fsp3) is 0.692. The van der Waals surface area contributed by atoms with Crippen molar-refractivity contribution in [3.63, 3.8) is 0 Å². The van der Waals surface area contributed by atoms with Crippen LogP contribution < -0.4 is 5.56 Å². The third-order valence-corrected chi connectivity index (χ3v) is 5.98. The Bertz CT molecular complexity index is 588. The molecule has 3 fully saturated rings. The maximum absolute atomic E-state index is 12.5. The van der Waals surface area contributed by atoms with Gasteiger partial charge in [0.25, 0.3) is 11.5 Å². The molecule has 1 saturated heterocycles. The molecule has 2 aliphatic carbocycles. The number of H-pyrrole nitrogens is 1. The fourth-order valence-corrected chi connectivity index (χ4v) is 4.30. The highest BCUT2D eigenvalue weighted by molar-refractivity contribution is 7.08. The first-order chi connectivity index (χ1) is 9.16. The molecule has 0 bridgehead atoms. The SMILES string of the molecule is O=C(c1s[nH]c(=O)c1Cl)N1CC(C2CC2)C1C1CC1. The molecule has 0 spiro atoms. The van der Waals surface area contributed by atoms with E-state index < -0.39 is 0 Å². The third kappa shape index (κ3) is 1.86. The summed E-state index contributed by atoms with van der Waals surface area (Å²) in [6.07, 6.45) is 5.14. The molecule has 1 aromatic rings. The standard InChI is InChI=1S/C13H15ClN2O2S/c14-9-11(19-15-12(9)17)13(18)16-5-8(6-1-2-6)10(16)7-3-4-7/h6-8,10H,1-5H2,(H,15,17). The molecule has 2 heterocycles. The van der Waals surface area contributed by atoms with Gasteiger partial charge in [-0.1, -0.05) is 23.1 Å². The summed E-state index contributed by atoms with van der Waals surface area (Å²) in [6, 6.07) is 0.410. The zero-order valence-corrected chi connectivity index (χ0v) is 12.0. The van der Waals surface area contributed by atoms with E-state index in [9.17, 15) is 9.59 Å². The predicted molar refractivity (Wildman–Crippen MR) is 73.7 cm³/mol. The Kier molecular flexibility index (Phi) is 2.58. The number of aromatic nitrogens is 1. The van der Waals surface area contributed by atoms with Gasteiger partial charge in [0.2, 0.25) is 0 Å². The van der Waals surface area contributed by atoms with Crippen LogP contribution in [0, 0.1) is 17.8 Å². The number of nitrogens with one attached hydrogen (secondary N) is 1. The lowest BCUT2D eigenvalue weighted by Gasteiger charge is -2.49. The van der Waals surface area contributed by atoms with Gasteiger partial charge in [0.15, 0.2) is 0 Å². The first kappa shape index (κ1) is 12.0. The molecule has 4 rings (SSSR count). The van der Waals surface area contributed by atoms with E-state index in [1.807, 2.05) is 4.90 Å². The Morgan fingerprint density at radius 3 is 2.47 bits per heavy atom. The molecule has 2 atom stereocenters. The topological polar surface area (TPSA) is 53.2 Å². The van der Waals surface area contributed by atoms with E-state index in [1.54, 1.807) is 0 Å². The Morgan fingerprint density at radius 1 is 1.26 bits per heavy atom. The molecule has 6 heteroatoms. The fourth-order valence-electron chi connectivity index (χ4n) is 3.32. The number of carbonyl (C=O) groups is 1. The summed E-state index contributed by atoms with van der Waals surface area (Å²) in [7, 11) is 0. The van der Waals surface area contributed by atoms with Crippen molar-refractivity contribution in [3.05, 3.63) is 20.3 Å². The summed E-state index contributed by atoms with van der Waals surface area (Å²) in [5.41, 5.74) is -0.350. The highest BCUT2D eigenvalue weighted by Crippen LogP contribution is 2.52. The molecule has 0 radical (unpaired) electrons. The van der Waals surface area contributed by atoms with Crippen LogP contribution >= 0.6 is 23.1 Å². The number of rotatable bonds is 3. The quantitative estimate of drug-likeness (QED) is 0.931. The molecule has 1 aromatic heterocycles. The number of likely N-dealkylation sites (tertiary alicyclic amines) is 1. The van der Waals surface area contributed by atoms with E-state index in [0.717, 1.165) is 24.0 Å². The van der Waals surface area contributed by atoms with Crippen molar-refractivity contribution in [2.75, 3.05) is 6.54 Å². The minimum Gasteiger partial charge on any atom is -0.334 e. The van der Waals surface area contributed by atoms with Crippen molar-refractivity contribution >= 4 is 29.0 Å². The molecule has 1 N–H and O–H groups in total. The molecule has 1 amide bonds. The van der Waals surface area contributed by atoms with Crippen LogP contribution in [0.25, 0.3) is 0 Å². The summed E-state index contributed by atoms with van der Waals surface area (Å²) < 4.78 is 2.53. The maximum Gasteiger partial charge on any atom is 0.277 e. The maximum atomic E-state index is 12.5. The van der Waals surface area contributed by atoms with Crippen molar-refractivity contribution in [2.45, 2.75) is 31.7 Å². The van der Waals surface area contributed by atoms with Crippen LogP contribution in [-0.4, -0.2) is 27.8 Å². The lowest BCUT2D eigenvalue weighted by molar-refractivity contribution is -0.00159. The Balaban J connectivity index is 1.57. The first-order valence-corrected chi connectivity index (χ1v) is 8.04. The van der Waals surface area contributed by atoms with Gasteiger partial charge in [-0.15, -0.1) is 0 Å². The van der Waals surface area contributed by atoms with Gasteiger partial charge in [-0.2, -0.15) is 0 Å². The average Bonchev–Trinajstić information content (AvgIpc) is 3.22. The molecule has 19 heavy (non-hydrogen) atoms. The molecule has 3 aliphatic rings. The van der Waals surface area contributed by atoms with Crippen LogP contribution in [0.1, 0.15) is 35.4 Å². The van der Waals surface area contributed by atoms with E-state index in [4.69, 9.17) is 11.6 Å². The average molecular weight is 299 g/mol. The van der Waals surface area contributed by atoms with Gasteiger partial charge in [0.05, 0.1) is 0 Å². The van der Waals surface area contributed by atoms with Crippen LogP contribution in [0.2, 0.25) is 5.02 Å². The van der Waals surface area contributed by atoms with E-state index in [1.165, 1.54) is 25.7 Å². The molecular formula is C13H15ClN2O2S. The Morgan fingerprint density at radius 2 is 1.95 bits per heavy atom. The van der Waals surface area contributed by atoms with Gasteiger partial charge >= 0.3 is 0 Å². The number of hydrogen-bond acceptors (Lipinski definition) is 3. The molecule has 2 saturated carbocycles. The van der Waals surface area contributed by atoms with Gasteiger partial charge in [-0.25, -0.2) is 0 Å². The monoisotopic (exact) mass is 298 g/mol. The zero-order valence-electron chi connectivity index (χ0n) is 10.4. The van der Waals surface area contributed by atoms with Crippen molar-refractivity contribution in [1.29, 1.82) is 0 Å². The first-order valence-electron chi connectivity index (χ1n) is 6.84. The van der Waals surface area contributed by atoms with Crippen molar-refractivity contribution in [3.8, 4) is 0 Å². The molecule has 102 valence electrons. The highest BCUT2D eigenvalue weighted by Gasteiger charge is 2.54. The van der Waals surface area contributed by atoms with Crippen molar-refractivity contribution < 1.29 is 4.79 Å². The minimum atomic E-state index is -0.350. The molecule has 0 aromatic carbocycles. The number of carbonyl (C=O) groups excluding carboxylic acids is 1. The second-order valence-corrected chi connectivity index (χ2v) is 7.16. The lowest BCUT2D eigenvalue weighted by atomic mass is 9.81. The third-order valence-electron chi connectivity index (χ3n) is 4.64. The second kappa shape index (κ2) is 4.09. The molecular weight excluding hydrogens is 284 g/mol. The van der Waals surface area contributed by atoms with E-state index in [-0.39, 0.29) is 16.5 Å². The summed E-state index contributed by atoms with van der Waals surface area (Å²) >= 11 is 6.96.